The summed E-state index contributed by atoms with van der Waals surface area (Å²) in [4.78, 5) is 10.2. The molecule has 0 radical (unpaired) electrons. The monoisotopic (exact) mass is 317 g/mol. The predicted octanol–water partition coefficient (Wildman–Crippen LogP) is 1.29. The highest BCUT2D eigenvalue weighted by molar-refractivity contribution is 7.89. The van der Waals surface area contributed by atoms with Gasteiger partial charge in [-0.05, 0) is 19.1 Å². The second-order valence-corrected chi connectivity index (χ2v) is 6.25. The number of nitrogens with one attached hydrogen (secondary N) is 1. The first kappa shape index (κ1) is 17.3. The number of benzene rings is 1. The Morgan fingerprint density at radius 2 is 2.10 bits per heavy atom. The topological polar surface area (TPSA) is 102 Å². The summed E-state index contributed by atoms with van der Waals surface area (Å²) in [7, 11) is -0.838. The first-order valence-electron chi connectivity index (χ1n) is 6.34. The van der Waals surface area contributed by atoms with Crippen molar-refractivity contribution in [3.63, 3.8) is 0 Å². The van der Waals surface area contributed by atoms with Gasteiger partial charge in [-0.2, -0.15) is 4.31 Å². The number of hydrogen-bond donors (Lipinski definition) is 1. The Kier molecular flexibility index (Phi) is 6.06. The molecule has 21 heavy (non-hydrogen) atoms. The highest BCUT2D eigenvalue weighted by Gasteiger charge is 2.24. The van der Waals surface area contributed by atoms with E-state index in [0.717, 1.165) is 10.4 Å². The van der Waals surface area contributed by atoms with Crippen LogP contribution in [0, 0.1) is 10.1 Å². The Morgan fingerprint density at radius 3 is 2.62 bits per heavy atom. The molecule has 0 heterocycles. The molecule has 8 nitrogen and oxygen atoms in total. The molecule has 118 valence electrons. The lowest BCUT2D eigenvalue weighted by molar-refractivity contribution is -0.384. The average Bonchev–Trinajstić information content (AvgIpc) is 2.46. The van der Waals surface area contributed by atoms with E-state index in [1.54, 1.807) is 0 Å². The van der Waals surface area contributed by atoms with Crippen molar-refractivity contribution in [2.75, 3.05) is 39.2 Å². The number of nitrogens with zero attached hydrogens (tertiary/aromatic N) is 2. The number of nitro groups is 1. The molecule has 1 rings (SSSR count). The van der Waals surface area contributed by atoms with Crippen LogP contribution in [-0.2, 0) is 14.8 Å². The Morgan fingerprint density at radius 1 is 1.43 bits per heavy atom. The first-order chi connectivity index (χ1) is 9.84. The van der Waals surface area contributed by atoms with E-state index in [0.29, 0.717) is 6.61 Å². The van der Waals surface area contributed by atoms with E-state index in [4.69, 9.17) is 4.74 Å². The van der Waals surface area contributed by atoms with E-state index in [-0.39, 0.29) is 29.4 Å². The van der Waals surface area contributed by atoms with Gasteiger partial charge in [-0.1, -0.05) is 0 Å². The van der Waals surface area contributed by atoms with Crippen LogP contribution >= 0.6 is 0 Å². The van der Waals surface area contributed by atoms with Gasteiger partial charge in [0.2, 0.25) is 10.0 Å². The molecule has 0 saturated carbocycles. The van der Waals surface area contributed by atoms with Crippen LogP contribution in [0.1, 0.15) is 6.92 Å². The molecule has 0 saturated heterocycles. The van der Waals surface area contributed by atoms with Crippen molar-refractivity contribution in [3.8, 4) is 0 Å². The minimum atomic E-state index is -3.78. The minimum absolute atomic E-state index is 0.118. The van der Waals surface area contributed by atoms with Gasteiger partial charge in [-0.25, -0.2) is 8.42 Å². The van der Waals surface area contributed by atoms with Crippen LogP contribution in [0.15, 0.2) is 23.1 Å². The Labute approximate surface area is 123 Å². The fraction of sp³-hybridized carbons (Fsp3) is 0.500. The van der Waals surface area contributed by atoms with Crippen LogP contribution in [0.2, 0.25) is 0 Å². The van der Waals surface area contributed by atoms with Crippen molar-refractivity contribution >= 4 is 21.4 Å². The molecule has 0 aliphatic rings. The van der Waals surface area contributed by atoms with Gasteiger partial charge in [-0.3, -0.25) is 10.1 Å². The molecule has 0 amide bonds. The van der Waals surface area contributed by atoms with Gasteiger partial charge < -0.3 is 10.1 Å². The molecule has 9 heteroatoms. The lowest BCUT2D eigenvalue weighted by Crippen LogP contribution is -2.30. The summed E-state index contributed by atoms with van der Waals surface area (Å²) in [5, 5.41) is 13.6. The first-order valence-corrected chi connectivity index (χ1v) is 7.78. The molecule has 0 spiro atoms. The van der Waals surface area contributed by atoms with Gasteiger partial charge in [0.05, 0.1) is 16.4 Å². The van der Waals surface area contributed by atoms with E-state index < -0.39 is 14.9 Å². The zero-order valence-electron chi connectivity index (χ0n) is 12.2. The van der Waals surface area contributed by atoms with E-state index in [2.05, 4.69) is 5.32 Å². The Hall–Kier alpha value is -1.71. The van der Waals surface area contributed by atoms with E-state index in [1.165, 1.54) is 26.2 Å². The molecule has 0 bridgehead atoms. The molecule has 1 N–H and O–H groups in total. The maximum absolute atomic E-state index is 12.3. The number of anilines is 1. The molecule has 1 aromatic carbocycles. The van der Waals surface area contributed by atoms with Gasteiger partial charge in [0.25, 0.3) is 5.69 Å². The van der Waals surface area contributed by atoms with Crippen molar-refractivity contribution in [2.24, 2.45) is 0 Å². The van der Waals surface area contributed by atoms with Crippen molar-refractivity contribution in [3.05, 3.63) is 28.3 Å². The van der Waals surface area contributed by atoms with Crippen molar-refractivity contribution in [1.82, 2.24) is 4.31 Å². The molecular formula is C12H19N3O5S. The van der Waals surface area contributed by atoms with Crippen molar-refractivity contribution < 1.29 is 18.1 Å². The summed E-state index contributed by atoms with van der Waals surface area (Å²) in [6, 6.07) is 3.77. The summed E-state index contributed by atoms with van der Waals surface area (Å²) in [6.07, 6.45) is 0. The number of sulfonamides is 1. The zero-order chi connectivity index (χ0) is 16.0. The molecule has 0 aliphatic carbocycles. The highest BCUT2D eigenvalue weighted by Crippen LogP contribution is 2.28. The Bertz CT molecular complexity index is 603. The summed E-state index contributed by atoms with van der Waals surface area (Å²) < 4.78 is 30.9. The predicted molar refractivity (Wildman–Crippen MR) is 79.0 cm³/mol. The summed E-state index contributed by atoms with van der Waals surface area (Å²) in [6.45, 7) is 2.76. The molecule has 1 aromatic rings. The largest absolute Gasteiger partial charge is 0.383 e. The third-order valence-corrected chi connectivity index (χ3v) is 4.75. The van der Waals surface area contributed by atoms with E-state index in [1.807, 2.05) is 6.92 Å². The molecule has 0 aromatic heterocycles. The quantitative estimate of drug-likeness (QED) is 0.440. The molecule has 0 fully saturated rings. The van der Waals surface area contributed by atoms with Gasteiger partial charge in [0.1, 0.15) is 5.69 Å². The molecule has 0 unspecified atom stereocenters. The third-order valence-electron chi connectivity index (χ3n) is 2.90. The molecule has 0 atom stereocenters. The maximum Gasteiger partial charge on any atom is 0.293 e. The smallest absolute Gasteiger partial charge is 0.293 e. The molecular weight excluding hydrogens is 298 g/mol. The number of rotatable bonds is 8. The highest BCUT2D eigenvalue weighted by atomic mass is 32.2. The summed E-state index contributed by atoms with van der Waals surface area (Å²) in [5.41, 5.74) is -0.0206. The maximum atomic E-state index is 12.3. The average molecular weight is 317 g/mol. The van der Waals surface area contributed by atoms with Crippen LogP contribution in [-0.4, -0.2) is 51.5 Å². The van der Waals surface area contributed by atoms with Crippen LogP contribution in [0.5, 0.6) is 0 Å². The lowest BCUT2D eigenvalue weighted by atomic mass is 10.3. The standard InChI is InChI=1S/C12H19N3O5S/c1-4-20-8-7-14(3)21(18,19)10-5-6-11(13-2)12(9-10)15(16)17/h5-6,9,13H,4,7-8H2,1-3H3. The second-order valence-electron chi connectivity index (χ2n) is 4.21. The van der Waals surface area contributed by atoms with Crippen LogP contribution < -0.4 is 5.32 Å². The van der Waals surface area contributed by atoms with Gasteiger partial charge >= 0.3 is 0 Å². The minimum Gasteiger partial charge on any atom is -0.383 e. The van der Waals surface area contributed by atoms with Gasteiger partial charge in [0, 0.05) is 33.3 Å². The van der Waals surface area contributed by atoms with Crippen LogP contribution in [0.3, 0.4) is 0 Å². The fourth-order valence-electron chi connectivity index (χ4n) is 1.67. The third kappa shape index (κ3) is 4.13. The Balaban J connectivity index is 3.08. The summed E-state index contributed by atoms with van der Waals surface area (Å²) >= 11 is 0. The SMILES string of the molecule is CCOCCN(C)S(=O)(=O)c1ccc(NC)c([N+](=O)[O-])c1. The molecule has 0 aliphatic heterocycles. The number of likely N-dealkylation sites (N-methyl/N-ethyl adjacent to an activating group) is 1. The number of ether oxygens (including phenoxy) is 1. The van der Waals surface area contributed by atoms with Crippen LogP contribution in [0.4, 0.5) is 11.4 Å². The zero-order valence-corrected chi connectivity index (χ0v) is 13.0. The van der Waals surface area contributed by atoms with Gasteiger partial charge in [0.15, 0.2) is 0 Å². The summed E-state index contributed by atoms with van der Waals surface area (Å²) in [5.74, 6) is 0. The normalized spacial score (nSPS) is 11.6. The van der Waals surface area contributed by atoms with E-state index >= 15 is 0 Å². The van der Waals surface area contributed by atoms with Gasteiger partial charge in [-0.15, -0.1) is 0 Å². The van der Waals surface area contributed by atoms with E-state index in [9.17, 15) is 18.5 Å². The van der Waals surface area contributed by atoms with Crippen molar-refractivity contribution in [2.45, 2.75) is 11.8 Å². The van der Waals surface area contributed by atoms with Crippen molar-refractivity contribution in [1.29, 1.82) is 0 Å². The van der Waals surface area contributed by atoms with Crippen LogP contribution in [0.25, 0.3) is 0 Å². The lowest BCUT2D eigenvalue weighted by Gasteiger charge is -2.17. The number of nitro benzene ring substituents is 1. The second kappa shape index (κ2) is 7.34. The number of hydrogen-bond acceptors (Lipinski definition) is 6. The fourth-order valence-corrected chi connectivity index (χ4v) is 2.85.